The highest BCUT2D eigenvalue weighted by Gasteiger charge is 2.44. The van der Waals surface area contributed by atoms with Gasteiger partial charge in [0.05, 0.1) is 25.1 Å². The van der Waals surface area contributed by atoms with Crippen LogP contribution >= 0.6 is 22.7 Å². The van der Waals surface area contributed by atoms with Crippen molar-refractivity contribution in [1.82, 2.24) is 10.2 Å². The highest BCUT2D eigenvalue weighted by atomic mass is 32.1. The molecule has 0 aliphatic carbocycles. The molecule has 0 unspecified atom stereocenters. The van der Waals surface area contributed by atoms with Crippen molar-refractivity contribution in [3.63, 3.8) is 0 Å². The third kappa shape index (κ3) is 3.99. The maximum Gasteiger partial charge on any atom is 0.254 e. The molecule has 0 fully saturated rings. The lowest BCUT2D eigenvalue weighted by atomic mass is 9.81. The van der Waals surface area contributed by atoms with Gasteiger partial charge in [-0.25, -0.2) is 0 Å². The first-order chi connectivity index (χ1) is 14.2. The van der Waals surface area contributed by atoms with Crippen LogP contribution in [0.1, 0.15) is 37.6 Å². The molecule has 29 heavy (non-hydrogen) atoms. The summed E-state index contributed by atoms with van der Waals surface area (Å²) in [6, 6.07) is 15.0. The SMILES string of the molecule is COCCN1C(=O)c2ccccc2[C@@H](C(=O)NCc2cccs2)[C@H]1c1cccs1. The largest absolute Gasteiger partial charge is 0.383 e. The first-order valence-corrected chi connectivity index (χ1v) is 11.2. The molecule has 5 nitrogen and oxygen atoms in total. The highest BCUT2D eigenvalue weighted by Crippen LogP contribution is 2.44. The molecule has 150 valence electrons. The zero-order valence-corrected chi connectivity index (χ0v) is 17.7. The normalized spacial score (nSPS) is 18.5. The number of ether oxygens (including phenoxy) is 1. The van der Waals surface area contributed by atoms with Crippen LogP contribution in [0.3, 0.4) is 0 Å². The minimum Gasteiger partial charge on any atom is -0.383 e. The van der Waals surface area contributed by atoms with E-state index >= 15 is 0 Å². The van der Waals surface area contributed by atoms with Crippen molar-refractivity contribution in [1.29, 1.82) is 0 Å². The van der Waals surface area contributed by atoms with E-state index in [1.807, 2.05) is 59.3 Å². The predicted octanol–water partition coefficient (Wildman–Crippen LogP) is 4.05. The summed E-state index contributed by atoms with van der Waals surface area (Å²) >= 11 is 3.18. The number of nitrogens with one attached hydrogen (secondary N) is 1. The van der Waals surface area contributed by atoms with E-state index in [1.165, 1.54) is 0 Å². The second kappa shape index (κ2) is 8.90. The van der Waals surface area contributed by atoms with E-state index in [0.29, 0.717) is 25.3 Å². The number of nitrogens with zero attached hydrogens (tertiary/aromatic N) is 1. The van der Waals surface area contributed by atoms with Crippen LogP contribution in [0.25, 0.3) is 0 Å². The van der Waals surface area contributed by atoms with E-state index in [9.17, 15) is 9.59 Å². The second-order valence-electron chi connectivity index (χ2n) is 6.81. The smallest absolute Gasteiger partial charge is 0.254 e. The van der Waals surface area contributed by atoms with E-state index in [2.05, 4.69) is 5.32 Å². The third-order valence-electron chi connectivity index (χ3n) is 5.11. The van der Waals surface area contributed by atoms with Crippen LogP contribution in [0.4, 0.5) is 0 Å². The minimum absolute atomic E-state index is 0.0571. The van der Waals surface area contributed by atoms with Crippen molar-refractivity contribution in [3.8, 4) is 0 Å². The van der Waals surface area contributed by atoms with Crippen LogP contribution in [0.5, 0.6) is 0 Å². The summed E-state index contributed by atoms with van der Waals surface area (Å²) < 4.78 is 5.25. The molecule has 2 aromatic heterocycles. The minimum atomic E-state index is -0.473. The van der Waals surface area contributed by atoms with E-state index in [-0.39, 0.29) is 17.9 Å². The molecule has 0 bridgehead atoms. The molecule has 0 radical (unpaired) electrons. The summed E-state index contributed by atoms with van der Waals surface area (Å²) in [6.07, 6.45) is 0. The molecule has 0 spiro atoms. The van der Waals surface area contributed by atoms with Crippen LogP contribution in [-0.2, 0) is 16.1 Å². The maximum absolute atomic E-state index is 13.4. The van der Waals surface area contributed by atoms with Crippen molar-refractivity contribution in [3.05, 3.63) is 80.2 Å². The first-order valence-electron chi connectivity index (χ1n) is 9.43. The molecule has 1 N–H and O–H groups in total. The Hall–Kier alpha value is -2.48. The summed E-state index contributed by atoms with van der Waals surface area (Å²) in [5, 5.41) is 7.06. The van der Waals surface area contributed by atoms with Gasteiger partial charge in [0, 0.05) is 29.0 Å². The summed E-state index contributed by atoms with van der Waals surface area (Å²) in [6.45, 7) is 1.33. The zero-order valence-electron chi connectivity index (χ0n) is 16.0. The lowest BCUT2D eigenvalue weighted by Gasteiger charge is -2.41. The lowest BCUT2D eigenvalue weighted by molar-refractivity contribution is -0.124. The molecule has 7 heteroatoms. The van der Waals surface area contributed by atoms with Gasteiger partial charge >= 0.3 is 0 Å². The maximum atomic E-state index is 13.4. The van der Waals surface area contributed by atoms with Crippen molar-refractivity contribution in [2.45, 2.75) is 18.5 Å². The summed E-state index contributed by atoms with van der Waals surface area (Å²) in [4.78, 5) is 30.6. The Morgan fingerprint density at radius 3 is 2.62 bits per heavy atom. The Morgan fingerprint density at radius 2 is 1.90 bits per heavy atom. The number of thiophene rings is 2. The van der Waals surface area contributed by atoms with Crippen LogP contribution in [0.15, 0.2) is 59.3 Å². The highest BCUT2D eigenvalue weighted by molar-refractivity contribution is 7.10. The Morgan fingerprint density at radius 1 is 1.10 bits per heavy atom. The number of carbonyl (C=O) groups excluding carboxylic acids is 2. The van der Waals surface area contributed by atoms with E-state index in [0.717, 1.165) is 15.3 Å². The van der Waals surface area contributed by atoms with Gasteiger partial charge in [0.1, 0.15) is 0 Å². The molecule has 2 atom stereocenters. The van der Waals surface area contributed by atoms with Crippen LogP contribution in [0.2, 0.25) is 0 Å². The summed E-state index contributed by atoms with van der Waals surface area (Å²) in [5.74, 6) is -0.600. The standard InChI is InChI=1S/C22H22N2O3S2/c1-27-11-10-24-20(18-9-5-13-29-18)19(16-7-2-3-8-17(16)22(24)26)21(25)23-14-15-6-4-12-28-15/h2-9,12-13,19-20H,10-11,14H2,1H3,(H,23,25)/t19-,20-/m1/s1. The van der Waals surface area contributed by atoms with Gasteiger partial charge < -0.3 is 15.0 Å². The molecule has 4 rings (SSSR count). The number of fused-ring (bicyclic) bond motifs is 1. The van der Waals surface area contributed by atoms with Crippen molar-refractivity contribution >= 4 is 34.5 Å². The number of methoxy groups -OCH3 is 1. The Labute approximate surface area is 177 Å². The fourth-order valence-corrected chi connectivity index (χ4v) is 5.30. The number of hydrogen-bond donors (Lipinski definition) is 1. The first kappa shape index (κ1) is 19.8. The molecule has 1 aromatic carbocycles. The summed E-state index contributed by atoms with van der Waals surface area (Å²) in [5.41, 5.74) is 1.38. The molecule has 3 heterocycles. The Balaban J connectivity index is 1.74. The van der Waals surface area contributed by atoms with Crippen molar-refractivity contribution in [2.24, 2.45) is 0 Å². The average molecular weight is 427 g/mol. The average Bonchev–Trinajstić information content (AvgIpc) is 3.45. The van der Waals surface area contributed by atoms with Gasteiger partial charge in [0.25, 0.3) is 5.91 Å². The van der Waals surface area contributed by atoms with Gasteiger partial charge in [0.15, 0.2) is 0 Å². The van der Waals surface area contributed by atoms with E-state index < -0.39 is 5.92 Å². The second-order valence-corrected chi connectivity index (χ2v) is 8.83. The number of carbonyl (C=O) groups is 2. The molecule has 1 aliphatic heterocycles. The van der Waals surface area contributed by atoms with Gasteiger partial charge in [-0.2, -0.15) is 0 Å². The van der Waals surface area contributed by atoms with Crippen LogP contribution in [0, 0.1) is 0 Å². The number of benzene rings is 1. The molecule has 1 aliphatic rings. The number of amides is 2. The Bertz CT molecular complexity index is 970. The monoisotopic (exact) mass is 426 g/mol. The molecular weight excluding hydrogens is 404 g/mol. The predicted molar refractivity (Wildman–Crippen MR) is 115 cm³/mol. The molecule has 0 saturated carbocycles. The van der Waals surface area contributed by atoms with Crippen molar-refractivity contribution < 1.29 is 14.3 Å². The lowest BCUT2D eigenvalue weighted by Crippen LogP contribution is -2.48. The number of rotatable bonds is 7. The van der Waals surface area contributed by atoms with Gasteiger partial charge in [-0.05, 0) is 34.5 Å². The van der Waals surface area contributed by atoms with Gasteiger partial charge in [-0.3, -0.25) is 9.59 Å². The van der Waals surface area contributed by atoms with Crippen LogP contribution in [-0.4, -0.2) is 37.0 Å². The van der Waals surface area contributed by atoms with E-state index in [1.54, 1.807) is 34.7 Å². The van der Waals surface area contributed by atoms with Crippen molar-refractivity contribution in [2.75, 3.05) is 20.3 Å². The molecule has 2 amide bonds. The van der Waals surface area contributed by atoms with Gasteiger partial charge in [0.2, 0.25) is 5.91 Å². The van der Waals surface area contributed by atoms with E-state index in [4.69, 9.17) is 4.74 Å². The van der Waals surface area contributed by atoms with Gasteiger partial charge in [-0.15, -0.1) is 22.7 Å². The fourth-order valence-electron chi connectivity index (χ4n) is 3.78. The third-order valence-corrected chi connectivity index (χ3v) is 6.93. The number of hydrogen-bond acceptors (Lipinski definition) is 5. The molecule has 3 aromatic rings. The summed E-state index contributed by atoms with van der Waals surface area (Å²) in [7, 11) is 1.62. The quantitative estimate of drug-likeness (QED) is 0.620. The zero-order chi connectivity index (χ0) is 20.2. The Kier molecular flexibility index (Phi) is 6.08. The fraction of sp³-hybridized carbons (Fsp3) is 0.273. The molecule has 0 saturated heterocycles. The molecular formula is C22H22N2O3S2. The van der Waals surface area contributed by atoms with Gasteiger partial charge in [-0.1, -0.05) is 30.3 Å². The van der Waals surface area contributed by atoms with Crippen LogP contribution < -0.4 is 5.32 Å². The topological polar surface area (TPSA) is 58.6 Å².